The molecule has 1 fully saturated rings. The third-order valence-corrected chi connectivity index (χ3v) is 4.42. The SMILES string of the molecule is CN(C)C(=O)C1CCCN1CC(=O)N(C)Cc1ccc(OC(F)F)cc1. The van der Waals surface area contributed by atoms with Crippen molar-refractivity contribution in [2.75, 3.05) is 34.2 Å². The summed E-state index contributed by atoms with van der Waals surface area (Å²) in [5.41, 5.74) is 0.810. The summed E-state index contributed by atoms with van der Waals surface area (Å²) in [4.78, 5) is 29.7. The van der Waals surface area contributed by atoms with E-state index in [0.717, 1.165) is 24.9 Å². The molecule has 1 aromatic rings. The highest BCUT2D eigenvalue weighted by Gasteiger charge is 2.33. The Kier molecular flexibility index (Phi) is 6.90. The molecule has 0 radical (unpaired) electrons. The molecule has 0 aromatic heterocycles. The van der Waals surface area contributed by atoms with E-state index in [2.05, 4.69) is 4.74 Å². The zero-order valence-corrected chi connectivity index (χ0v) is 15.3. The second kappa shape index (κ2) is 8.93. The smallest absolute Gasteiger partial charge is 0.387 e. The molecule has 1 saturated heterocycles. The molecule has 0 saturated carbocycles. The summed E-state index contributed by atoms with van der Waals surface area (Å²) in [6.07, 6.45) is 1.66. The molecule has 0 N–H and O–H groups in total. The zero-order chi connectivity index (χ0) is 19.3. The molecule has 1 atom stereocenters. The highest BCUT2D eigenvalue weighted by Crippen LogP contribution is 2.19. The number of rotatable bonds is 7. The molecule has 1 aliphatic rings. The van der Waals surface area contributed by atoms with Gasteiger partial charge in [0.15, 0.2) is 0 Å². The van der Waals surface area contributed by atoms with Crippen LogP contribution in [0.2, 0.25) is 0 Å². The molecule has 144 valence electrons. The molecule has 8 heteroatoms. The predicted octanol–water partition coefficient (Wildman–Crippen LogP) is 1.80. The van der Waals surface area contributed by atoms with Crippen LogP contribution in [-0.4, -0.2) is 73.4 Å². The van der Waals surface area contributed by atoms with Gasteiger partial charge in [-0.15, -0.1) is 0 Å². The van der Waals surface area contributed by atoms with Crippen LogP contribution < -0.4 is 4.74 Å². The number of ether oxygens (including phenoxy) is 1. The van der Waals surface area contributed by atoms with Gasteiger partial charge in [-0.05, 0) is 37.1 Å². The van der Waals surface area contributed by atoms with E-state index in [1.54, 1.807) is 43.1 Å². The van der Waals surface area contributed by atoms with Gasteiger partial charge in [0.1, 0.15) is 5.75 Å². The van der Waals surface area contributed by atoms with Crippen molar-refractivity contribution in [2.24, 2.45) is 0 Å². The van der Waals surface area contributed by atoms with E-state index in [-0.39, 0.29) is 30.2 Å². The van der Waals surface area contributed by atoms with E-state index in [0.29, 0.717) is 6.54 Å². The number of carbonyl (C=O) groups excluding carboxylic acids is 2. The Labute approximate surface area is 152 Å². The quantitative estimate of drug-likeness (QED) is 0.736. The van der Waals surface area contributed by atoms with Gasteiger partial charge in [-0.1, -0.05) is 12.1 Å². The summed E-state index contributed by atoms with van der Waals surface area (Å²) in [5.74, 6) is 0.0174. The second-order valence-corrected chi connectivity index (χ2v) is 6.63. The molecule has 1 unspecified atom stereocenters. The number of benzene rings is 1. The fourth-order valence-corrected chi connectivity index (χ4v) is 3.03. The maximum absolute atomic E-state index is 12.5. The molecule has 2 amide bonds. The fourth-order valence-electron chi connectivity index (χ4n) is 3.03. The van der Waals surface area contributed by atoms with Gasteiger partial charge < -0.3 is 14.5 Å². The maximum atomic E-state index is 12.5. The first kappa shape index (κ1) is 20.1. The highest BCUT2D eigenvalue weighted by molar-refractivity contribution is 5.83. The summed E-state index contributed by atoms with van der Waals surface area (Å²) in [6.45, 7) is -1.59. The van der Waals surface area contributed by atoms with E-state index in [1.807, 2.05) is 4.90 Å². The molecule has 1 heterocycles. The summed E-state index contributed by atoms with van der Waals surface area (Å²) in [7, 11) is 5.12. The van der Waals surface area contributed by atoms with Crippen molar-refractivity contribution in [3.63, 3.8) is 0 Å². The minimum absolute atomic E-state index is 0.0209. The number of amides is 2. The monoisotopic (exact) mass is 369 g/mol. The minimum Gasteiger partial charge on any atom is -0.435 e. The summed E-state index contributed by atoms with van der Waals surface area (Å²) in [5, 5.41) is 0. The lowest BCUT2D eigenvalue weighted by Crippen LogP contribution is -2.46. The molecule has 0 aliphatic carbocycles. The van der Waals surface area contributed by atoms with Crippen molar-refractivity contribution >= 4 is 11.8 Å². The van der Waals surface area contributed by atoms with Gasteiger partial charge in [0, 0.05) is 27.7 Å². The number of nitrogens with zero attached hydrogens (tertiary/aromatic N) is 3. The van der Waals surface area contributed by atoms with Crippen LogP contribution in [0.4, 0.5) is 8.78 Å². The van der Waals surface area contributed by atoms with Crippen molar-refractivity contribution in [1.82, 2.24) is 14.7 Å². The second-order valence-electron chi connectivity index (χ2n) is 6.63. The summed E-state index contributed by atoms with van der Waals surface area (Å²) >= 11 is 0. The lowest BCUT2D eigenvalue weighted by Gasteiger charge is -2.27. The molecule has 1 aliphatic heterocycles. The Hall–Kier alpha value is -2.22. The van der Waals surface area contributed by atoms with Gasteiger partial charge >= 0.3 is 6.61 Å². The fraction of sp³-hybridized carbons (Fsp3) is 0.556. The third-order valence-electron chi connectivity index (χ3n) is 4.42. The lowest BCUT2D eigenvalue weighted by atomic mass is 10.2. The van der Waals surface area contributed by atoms with Crippen LogP contribution in [0.15, 0.2) is 24.3 Å². The predicted molar refractivity (Wildman–Crippen MR) is 92.8 cm³/mol. The number of alkyl halides is 2. The Morgan fingerprint density at radius 3 is 2.46 bits per heavy atom. The van der Waals surface area contributed by atoms with Gasteiger partial charge in [-0.25, -0.2) is 0 Å². The van der Waals surface area contributed by atoms with Crippen molar-refractivity contribution in [1.29, 1.82) is 0 Å². The van der Waals surface area contributed by atoms with E-state index >= 15 is 0 Å². The number of halogens is 2. The van der Waals surface area contributed by atoms with Crippen LogP contribution in [-0.2, 0) is 16.1 Å². The van der Waals surface area contributed by atoms with E-state index < -0.39 is 6.61 Å². The van der Waals surface area contributed by atoms with E-state index in [9.17, 15) is 18.4 Å². The van der Waals surface area contributed by atoms with Gasteiger partial charge in [0.05, 0.1) is 12.6 Å². The van der Waals surface area contributed by atoms with E-state index in [1.165, 1.54) is 12.1 Å². The Morgan fingerprint density at radius 2 is 1.88 bits per heavy atom. The van der Waals surface area contributed by atoms with Crippen LogP contribution in [0.1, 0.15) is 18.4 Å². The molecule has 6 nitrogen and oxygen atoms in total. The first-order valence-electron chi connectivity index (χ1n) is 8.51. The average Bonchev–Trinajstić information content (AvgIpc) is 3.03. The van der Waals surface area contributed by atoms with Gasteiger partial charge in [0.25, 0.3) is 0 Å². The van der Waals surface area contributed by atoms with Crippen LogP contribution >= 0.6 is 0 Å². The third kappa shape index (κ3) is 5.39. The van der Waals surface area contributed by atoms with Crippen LogP contribution in [0.25, 0.3) is 0 Å². The number of carbonyl (C=O) groups is 2. The molecular formula is C18H25F2N3O3. The first-order valence-corrected chi connectivity index (χ1v) is 8.51. The molecular weight excluding hydrogens is 344 g/mol. The lowest BCUT2D eigenvalue weighted by molar-refractivity contribution is -0.136. The van der Waals surface area contributed by atoms with Crippen LogP contribution in [0.3, 0.4) is 0 Å². The topological polar surface area (TPSA) is 53.1 Å². The highest BCUT2D eigenvalue weighted by atomic mass is 19.3. The van der Waals surface area contributed by atoms with Crippen molar-refractivity contribution in [3.8, 4) is 5.75 Å². The number of hydrogen-bond donors (Lipinski definition) is 0. The average molecular weight is 369 g/mol. The normalized spacial score (nSPS) is 17.4. The van der Waals surface area contributed by atoms with Gasteiger partial charge in [0.2, 0.25) is 11.8 Å². The van der Waals surface area contributed by atoms with Crippen molar-refractivity contribution in [2.45, 2.75) is 32.0 Å². The first-order chi connectivity index (χ1) is 12.3. The maximum Gasteiger partial charge on any atom is 0.387 e. The molecule has 2 rings (SSSR count). The van der Waals surface area contributed by atoms with Gasteiger partial charge in [-0.2, -0.15) is 8.78 Å². The number of likely N-dealkylation sites (N-methyl/N-ethyl adjacent to an activating group) is 2. The van der Waals surface area contributed by atoms with Crippen LogP contribution in [0, 0.1) is 0 Å². The van der Waals surface area contributed by atoms with Crippen molar-refractivity contribution in [3.05, 3.63) is 29.8 Å². The Bertz CT molecular complexity index is 623. The molecule has 0 bridgehead atoms. The molecule has 1 aromatic carbocycles. The van der Waals surface area contributed by atoms with Crippen LogP contribution in [0.5, 0.6) is 5.75 Å². The van der Waals surface area contributed by atoms with Gasteiger partial charge in [-0.3, -0.25) is 14.5 Å². The minimum atomic E-state index is -2.86. The Morgan fingerprint density at radius 1 is 1.23 bits per heavy atom. The van der Waals surface area contributed by atoms with E-state index in [4.69, 9.17) is 0 Å². The molecule has 26 heavy (non-hydrogen) atoms. The zero-order valence-electron chi connectivity index (χ0n) is 15.3. The number of hydrogen-bond acceptors (Lipinski definition) is 4. The summed E-state index contributed by atoms with van der Waals surface area (Å²) in [6, 6.07) is 5.96. The largest absolute Gasteiger partial charge is 0.435 e. The van der Waals surface area contributed by atoms with Crippen molar-refractivity contribution < 1.29 is 23.1 Å². The number of likely N-dealkylation sites (tertiary alicyclic amines) is 1. The Balaban J connectivity index is 1.90. The molecule has 0 spiro atoms. The summed E-state index contributed by atoms with van der Waals surface area (Å²) < 4.78 is 28.6. The standard InChI is InChI=1S/C18H25F2N3O3/c1-21(2)17(25)15-5-4-10-23(15)12-16(24)22(3)11-13-6-8-14(9-7-13)26-18(19)20/h6-9,15,18H,4-5,10-12H2,1-3H3.